The highest BCUT2D eigenvalue weighted by Gasteiger charge is 2.15. The molecule has 1 heterocycles. The molecule has 0 fully saturated rings. The van der Waals surface area contributed by atoms with Gasteiger partial charge in [-0.3, -0.25) is 4.79 Å². The van der Waals surface area contributed by atoms with Gasteiger partial charge in [0.25, 0.3) is 0 Å². The number of primary amides is 1. The van der Waals surface area contributed by atoms with Crippen LogP contribution in [0.25, 0.3) is 0 Å². The summed E-state index contributed by atoms with van der Waals surface area (Å²) >= 11 is 1.80. The Morgan fingerprint density at radius 1 is 1.75 bits per heavy atom. The molecular formula is C8H14N2OS. The topological polar surface area (TPSA) is 46.3 Å². The fraction of sp³-hybridized carbons (Fsp3) is 0.625. The highest BCUT2D eigenvalue weighted by atomic mass is 32.2. The van der Waals surface area contributed by atoms with Gasteiger partial charge in [0.2, 0.25) is 5.91 Å². The number of amides is 1. The first kappa shape index (κ1) is 9.45. The molecule has 0 aromatic carbocycles. The van der Waals surface area contributed by atoms with Crippen LogP contribution in [-0.4, -0.2) is 23.2 Å². The van der Waals surface area contributed by atoms with Gasteiger partial charge in [-0.15, -0.1) is 11.8 Å². The first-order valence-corrected chi connectivity index (χ1v) is 4.97. The first-order chi connectivity index (χ1) is 5.70. The third kappa shape index (κ3) is 2.77. The zero-order valence-electron chi connectivity index (χ0n) is 7.19. The molecule has 1 aliphatic heterocycles. The molecule has 0 aromatic heterocycles. The van der Waals surface area contributed by atoms with Gasteiger partial charge >= 0.3 is 0 Å². The molecule has 3 nitrogen and oxygen atoms in total. The number of carbonyl (C=O) groups is 1. The van der Waals surface area contributed by atoms with Crippen LogP contribution >= 0.6 is 11.8 Å². The summed E-state index contributed by atoms with van der Waals surface area (Å²) in [5, 5.41) is 2.58. The predicted octanol–water partition coefficient (Wildman–Crippen LogP) is 1.12. The normalized spacial score (nSPS) is 21.8. The lowest BCUT2D eigenvalue weighted by Gasteiger charge is -2.18. The number of carbonyl (C=O) groups excluding carboxylic acids is 1. The first-order valence-electron chi connectivity index (χ1n) is 4.02. The summed E-state index contributed by atoms with van der Waals surface area (Å²) in [6.07, 6.45) is 4.47. The van der Waals surface area contributed by atoms with Crippen LogP contribution in [-0.2, 0) is 4.79 Å². The van der Waals surface area contributed by atoms with E-state index in [0.717, 1.165) is 12.8 Å². The number of hydrogen-bond acceptors (Lipinski definition) is 3. The molecule has 2 N–H and O–H groups in total. The van der Waals surface area contributed by atoms with Gasteiger partial charge in [-0.1, -0.05) is 0 Å². The predicted molar refractivity (Wildman–Crippen MR) is 51.3 cm³/mol. The van der Waals surface area contributed by atoms with E-state index in [-0.39, 0.29) is 5.91 Å². The van der Waals surface area contributed by atoms with Gasteiger partial charge in [0.15, 0.2) is 0 Å². The molecule has 1 unspecified atom stereocenters. The Morgan fingerprint density at radius 3 is 3.00 bits per heavy atom. The molecule has 12 heavy (non-hydrogen) atoms. The van der Waals surface area contributed by atoms with Gasteiger partial charge in [-0.05, 0) is 18.2 Å². The summed E-state index contributed by atoms with van der Waals surface area (Å²) in [5.74, 6) is -0.200. The van der Waals surface area contributed by atoms with Crippen molar-refractivity contribution in [2.45, 2.75) is 24.6 Å². The van der Waals surface area contributed by atoms with E-state index >= 15 is 0 Å². The molecule has 0 saturated carbocycles. The van der Waals surface area contributed by atoms with E-state index in [4.69, 9.17) is 5.73 Å². The number of thioether (sulfide) groups is 1. The lowest BCUT2D eigenvalue weighted by Crippen LogP contribution is -2.20. The Kier molecular flexibility index (Phi) is 3.47. The zero-order valence-corrected chi connectivity index (χ0v) is 8.01. The summed E-state index contributed by atoms with van der Waals surface area (Å²) in [6.45, 7) is 0. The summed E-state index contributed by atoms with van der Waals surface area (Å²) in [4.78, 5) is 12.6. The maximum atomic E-state index is 10.4. The van der Waals surface area contributed by atoms with Crippen LogP contribution in [0, 0.1) is 0 Å². The van der Waals surface area contributed by atoms with Gasteiger partial charge < -0.3 is 10.6 Å². The Morgan fingerprint density at radius 2 is 2.50 bits per heavy atom. The molecule has 4 heteroatoms. The maximum Gasteiger partial charge on any atom is 0.217 e. The van der Waals surface area contributed by atoms with Crippen LogP contribution in [0.5, 0.6) is 0 Å². The van der Waals surface area contributed by atoms with Crippen molar-refractivity contribution in [2.24, 2.45) is 5.73 Å². The van der Waals surface area contributed by atoms with Gasteiger partial charge in [-0.2, -0.15) is 0 Å². The van der Waals surface area contributed by atoms with Gasteiger partial charge in [0.05, 0.1) is 5.37 Å². The molecular weight excluding hydrogens is 172 g/mol. The SMILES string of the molecule is CN1C=CSC1CCCC(N)=O. The van der Waals surface area contributed by atoms with Crippen molar-refractivity contribution in [1.29, 1.82) is 0 Å². The van der Waals surface area contributed by atoms with E-state index in [2.05, 4.69) is 16.5 Å². The number of nitrogens with two attached hydrogens (primary N) is 1. The van der Waals surface area contributed by atoms with Crippen molar-refractivity contribution in [1.82, 2.24) is 4.90 Å². The van der Waals surface area contributed by atoms with Crippen LogP contribution in [0.2, 0.25) is 0 Å². The van der Waals surface area contributed by atoms with Gasteiger partial charge in [0, 0.05) is 19.7 Å². The second kappa shape index (κ2) is 4.40. The van der Waals surface area contributed by atoms with E-state index in [1.54, 1.807) is 11.8 Å². The van der Waals surface area contributed by atoms with Gasteiger partial charge in [-0.25, -0.2) is 0 Å². The molecule has 1 atom stereocenters. The standard InChI is InChI=1S/C8H14N2OS/c1-10-5-6-12-8(10)4-2-3-7(9)11/h5-6,8H,2-4H2,1H3,(H2,9,11). The number of rotatable bonds is 4. The minimum absolute atomic E-state index is 0.200. The Balaban J connectivity index is 2.12. The third-order valence-electron chi connectivity index (χ3n) is 1.86. The molecule has 1 aliphatic rings. The fourth-order valence-corrected chi connectivity index (χ4v) is 2.15. The Bertz CT molecular complexity index is 193. The zero-order chi connectivity index (χ0) is 8.97. The summed E-state index contributed by atoms with van der Waals surface area (Å²) < 4.78 is 0. The van der Waals surface area contributed by atoms with Crippen LogP contribution in [0.1, 0.15) is 19.3 Å². The third-order valence-corrected chi connectivity index (χ3v) is 3.02. The molecule has 0 aromatic rings. The Hall–Kier alpha value is -0.640. The lowest BCUT2D eigenvalue weighted by atomic mass is 10.2. The highest BCUT2D eigenvalue weighted by Crippen LogP contribution is 2.27. The number of nitrogens with zero attached hydrogens (tertiary/aromatic N) is 1. The molecule has 1 rings (SSSR count). The average molecular weight is 186 g/mol. The summed E-state index contributed by atoms with van der Waals surface area (Å²) in [7, 11) is 2.05. The van der Waals surface area contributed by atoms with E-state index in [1.807, 2.05) is 7.05 Å². The van der Waals surface area contributed by atoms with Crippen molar-refractivity contribution in [2.75, 3.05) is 7.05 Å². The smallest absolute Gasteiger partial charge is 0.217 e. The van der Waals surface area contributed by atoms with Crippen molar-refractivity contribution >= 4 is 17.7 Å². The van der Waals surface area contributed by atoms with Crippen molar-refractivity contribution in [3.8, 4) is 0 Å². The molecule has 0 radical (unpaired) electrons. The van der Waals surface area contributed by atoms with Crippen LogP contribution in [0.4, 0.5) is 0 Å². The summed E-state index contributed by atoms with van der Waals surface area (Å²) in [6, 6.07) is 0. The molecule has 1 amide bonds. The molecule has 68 valence electrons. The monoisotopic (exact) mass is 186 g/mol. The Labute approximate surface area is 77.0 Å². The second-order valence-corrected chi connectivity index (χ2v) is 3.99. The van der Waals surface area contributed by atoms with Crippen molar-refractivity contribution in [3.63, 3.8) is 0 Å². The molecule has 0 spiro atoms. The quantitative estimate of drug-likeness (QED) is 0.715. The lowest BCUT2D eigenvalue weighted by molar-refractivity contribution is -0.118. The van der Waals surface area contributed by atoms with E-state index in [9.17, 15) is 4.79 Å². The largest absolute Gasteiger partial charge is 0.370 e. The molecule has 0 saturated heterocycles. The minimum atomic E-state index is -0.200. The van der Waals surface area contributed by atoms with Crippen LogP contribution in [0.3, 0.4) is 0 Å². The highest BCUT2D eigenvalue weighted by molar-refractivity contribution is 8.02. The van der Waals surface area contributed by atoms with Crippen molar-refractivity contribution in [3.05, 3.63) is 11.6 Å². The van der Waals surface area contributed by atoms with E-state index in [0.29, 0.717) is 11.8 Å². The van der Waals surface area contributed by atoms with E-state index in [1.165, 1.54) is 0 Å². The fourth-order valence-electron chi connectivity index (χ4n) is 1.14. The van der Waals surface area contributed by atoms with Crippen LogP contribution < -0.4 is 5.73 Å². The number of hydrogen-bond donors (Lipinski definition) is 1. The molecule has 0 bridgehead atoms. The second-order valence-electron chi connectivity index (χ2n) is 2.90. The summed E-state index contributed by atoms with van der Waals surface area (Å²) in [5.41, 5.74) is 5.04. The molecule has 0 aliphatic carbocycles. The van der Waals surface area contributed by atoms with Crippen LogP contribution in [0.15, 0.2) is 11.6 Å². The average Bonchev–Trinajstić information content (AvgIpc) is 2.36. The minimum Gasteiger partial charge on any atom is -0.370 e. The maximum absolute atomic E-state index is 10.4. The van der Waals surface area contributed by atoms with E-state index < -0.39 is 0 Å². The van der Waals surface area contributed by atoms with Gasteiger partial charge in [0.1, 0.15) is 0 Å². The van der Waals surface area contributed by atoms with Crippen molar-refractivity contribution < 1.29 is 4.79 Å².